The average Bonchev–Trinajstić information content (AvgIpc) is 2.63. The van der Waals surface area contributed by atoms with Crippen LogP contribution in [0.15, 0.2) is 24.3 Å². The van der Waals surface area contributed by atoms with Crippen LogP contribution in [-0.2, 0) is 11.3 Å². The van der Waals surface area contributed by atoms with Crippen LogP contribution < -0.4 is 11.1 Å². The molecule has 3 N–H and O–H groups in total. The van der Waals surface area contributed by atoms with Crippen molar-refractivity contribution in [1.82, 2.24) is 10.2 Å². The number of likely N-dealkylation sites (tertiary alicyclic amines) is 1. The lowest BCUT2D eigenvalue weighted by molar-refractivity contribution is -0.136. The Kier molecular flexibility index (Phi) is 6.79. The first kappa shape index (κ1) is 18.5. The number of carbonyl (C=O) groups is 2. The minimum Gasteiger partial charge on any atom is -0.349 e. The number of rotatable bonds is 6. The number of nitrogens with zero attached hydrogens (tertiary/aromatic N) is 1. The summed E-state index contributed by atoms with van der Waals surface area (Å²) in [5, 5.41) is 3.08. The molecule has 2 amide bonds. The molecule has 0 aromatic heterocycles. The van der Waals surface area contributed by atoms with E-state index in [1.807, 2.05) is 29.2 Å². The number of hydrogen-bond acceptors (Lipinski definition) is 3. The topological polar surface area (TPSA) is 75.4 Å². The first-order valence-electron chi connectivity index (χ1n) is 8.97. The predicted octanol–water partition coefficient (Wildman–Crippen LogP) is 2.30. The Morgan fingerprint density at radius 3 is 2.25 bits per heavy atom. The van der Waals surface area contributed by atoms with Crippen LogP contribution in [0.5, 0.6) is 0 Å². The highest BCUT2D eigenvalue weighted by Gasteiger charge is 2.27. The standard InChI is InChI=1S/C19H29N3O2/c1-3-15(4-2)19(24)22-11-9-17(10-12-22)21-18(23)16-7-5-14(13-20)6-8-16/h5-8,15,17H,3-4,9-13,20H2,1-2H3,(H,21,23). The van der Waals surface area contributed by atoms with E-state index in [1.54, 1.807) is 0 Å². The fourth-order valence-electron chi connectivity index (χ4n) is 3.20. The smallest absolute Gasteiger partial charge is 0.251 e. The van der Waals surface area contributed by atoms with Gasteiger partial charge in [-0.25, -0.2) is 0 Å². The molecule has 0 saturated carbocycles. The SMILES string of the molecule is CCC(CC)C(=O)N1CCC(NC(=O)c2ccc(CN)cc2)CC1. The third-order valence-electron chi connectivity index (χ3n) is 4.93. The van der Waals surface area contributed by atoms with E-state index in [2.05, 4.69) is 19.2 Å². The van der Waals surface area contributed by atoms with Crippen LogP contribution in [0.3, 0.4) is 0 Å². The van der Waals surface area contributed by atoms with Crippen LogP contribution in [0.2, 0.25) is 0 Å². The quantitative estimate of drug-likeness (QED) is 0.840. The normalized spacial score (nSPS) is 15.6. The van der Waals surface area contributed by atoms with Gasteiger partial charge < -0.3 is 16.0 Å². The van der Waals surface area contributed by atoms with E-state index in [1.165, 1.54) is 0 Å². The maximum atomic E-state index is 12.4. The summed E-state index contributed by atoms with van der Waals surface area (Å²) in [5.74, 6) is 0.350. The Hall–Kier alpha value is -1.88. The van der Waals surface area contributed by atoms with E-state index in [9.17, 15) is 9.59 Å². The van der Waals surface area contributed by atoms with Crippen molar-refractivity contribution in [2.24, 2.45) is 11.7 Å². The van der Waals surface area contributed by atoms with Crippen LogP contribution in [-0.4, -0.2) is 35.8 Å². The Balaban J connectivity index is 1.83. The molecule has 0 radical (unpaired) electrons. The Morgan fingerprint density at radius 1 is 1.17 bits per heavy atom. The zero-order chi connectivity index (χ0) is 17.5. The van der Waals surface area contributed by atoms with Gasteiger partial charge in [0.15, 0.2) is 0 Å². The maximum absolute atomic E-state index is 12.4. The van der Waals surface area contributed by atoms with Crippen LogP contribution in [0, 0.1) is 5.92 Å². The summed E-state index contributed by atoms with van der Waals surface area (Å²) in [6.07, 6.45) is 3.42. The molecule has 1 saturated heterocycles. The Labute approximate surface area is 144 Å². The monoisotopic (exact) mass is 331 g/mol. The fourth-order valence-corrected chi connectivity index (χ4v) is 3.20. The lowest BCUT2D eigenvalue weighted by Crippen LogP contribution is -2.48. The van der Waals surface area contributed by atoms with Crippen molar-refractivity contribution in [1.29, 1.82) is 0 Å². The molecule has 0 aliphatic carbocycles. The second kappa shape index (κ2) is 8.83. The van der Waals surface area contributed by atoms with Gasteiger partial charge in [0.1, 0.15) is 0 Å². The lowest BCUT2D eigenvalue weighted by atomic mass is 9.98. The van der Waals surface area contributed by atoms with E-state index >= 15 is 0 Å². The molecule has 5 heteroatoms. The molecule has 0 unspecified atom stereocenters. The zero-order valence-electron chi connectivity index (χ0n) is 14.8. The zero-order valence-corrected chi connectivity index (χ0v) is 14.8. The van der Waals surface area contributed by atoms with Crippen molar-refractivity contribution in [3.05, 3.63) is 35.4 Å². The summed E-state index contributed by atoms with van der Waals surface area (Å²) in [7, 11) is 0. The second-order valence-corrected chi connectivity index (χ2v) is 6.49. The molecule has 1 fully saturated rings. The summed E-state index contributed by atoms with van der Waals surface area (Å²) < 4.78 is 0. The van der Waals surface area contributed by atoms with E-state index in [4.69, 9.17) is 5.73 Å². The van der Waals surface area contributed by atoms with Gasteiger partial charge in [0, 0.05) is 37.2 Å². The molecule has 1 aliphatic heterocycles. The Morgan fingerprint density at radius 2 is 1.75 bits per heavy atom. The molecular formula is C19H29N3O2. The van der Waals surface area contributed by atoms with Crippen LogP contribution in [0.25, 0.3) is 0 Å². The van der Waals surface area contributed by atoms with Crippen molar-refractivity contribution in [2.75, 3.05) is 13.1 Å². The summed E-state index contributed by atoms with van der Waals surface area (Å²) in [5.41, 5.74) is 7.24. The number of piperidine rings is 1. The van der Waals surface area contributed by atoms with Crippen LogP contribution in [0.4, 0.5) is 0 Å². The number of hydrogen-bond donors (Lipinski definition) is 2. The number of nitrogens with one attached hydrogen (secondary N) is 1. The molecule has 5 nitrogen and oxygen atoms in total. The third kappa shape index (κ3) is 4.57. The average molecular weight is 331 g/mol. The molecule has 0 spiro atoms. The molecular weight excluding hydrogens is 302 g/mol. The van der Waals surface area contributed by atoms with Gasteiger partial charge in [0.2, 0.25) is 5.91 Å². The first-order valence-corrected chi connectivity index (χ1v) is 8.97. The summed E-state index contributed by atoms with van der Waals surface area (Å²) in [4.78, 5) is 26.7. The van der Waals surface area contributed by atoms with Crippen LogP contribution in [0.1, 0.15) is 55.5 Å². The van der Waals surface area contributed by atoms with Gasteiger partial charge in [-0.2, -0.15) is 0 Å². The summed E-state index contributed by atoms with van der Waals surface area (Å²) in [6, 6.07) is 7.52. The highest BCUT2D eigenvalue weighted by atomic mass is 16.2. The lowest BCUT2D eigenvalue weighted by Gasteiger charge is -2.34. The van der Waals surface area contributed by atoms with E-state index in [0.29, 0.717) is 12.1 Å². The van der Waals surface area contributed by atoms with Gasteiger partial charge in [-0.15, -0.1) is 0 Å². The number of amides is 2. The maximum Gasteiger partial charge on any atom is 0.251 e. The fraction of sp³-hybridized carbons (Fsp3) is 0.579. The molecule has 1 aromatic rings. The van der Waals surface area contributed by atoms with E-state index in [0.717, 1.165) is 44.3 Å². The number of carbonyl (C=O) groups excluding carboxylic acids is 2. The van der Waals surface area contributed by atoms with Gasteiger partial charge in [-0.05, 0) is 43.4 Å². The molecule has 0 bridgehead atoms. The highest BCUT2D eigenvalue weighted by Crippen LogP contribution is 2.17. The largest absolute Gasteiger partial charge is 0.349 e. The van der Waals surface area contributed by atoms with Gasteiger partial charge in [0.25, 0.3) is 5.91 Å². The highest BCUT2D eigenvalue weighted by molar-refractivity contribution is 5.94. The van der Waals surface area contributed by atoms with Crippen molar-refractivity contribution in [3.8, 4) is 0 Å². The molecule has 1 heterocycles. The second-order valence-electron chi connectivity index (χ2n) is 6.49. The van der Waals surface area contributed by atoms with E-state index in [-0.39, 0.29) is 23.8 Å². The van der Waals surface area contributed by atoms with Gasteiger partial charge in [0.05, 0.1) is 0 Å². The van der Waals surface area contributed by atoms with Crippen LogP contribution >= 0.6 is 0 Å². The third-order valence-corrected chi connectivity index (χ3v) is 4.93. The first-order chi connectivity index (χ1) is 11.6. The molecule has 24 heavy (non-hydrogen) atoms. The molecule has 0 atom stereocenters. The summed E-state index contributed by atoms with van der Waals surface area (Å²) >= 11 is 0. The van der Waals surface area contributed by atoms with Gasteiger partial charge >= 0.3 is 0 Å². The van der Waals surface area contributed by atoms with Crippen molar-refractivity contribution in [3.63, 3.8) is 0 Å². The number of benzene rings is 1. The van der Waals surface area contributed by atoms with Crippen molar-refractivity contribution >= 4 is 11.8 Å². The molecule has 1 aromatic carbocycles. The minimum absolute atomic E-state index is 0.0525. The molecule has 1 aliphatic rings. The predicted molar refractivity (Wildman–Crippen MR) is 95.5 cm³/mol. The number of nitrogens with two attached hydrogens (primary N) is 1. The van der Waals surface area contributed by atoms with Gasteiger partial charge in [-0.1, -0.05) is 26.0 Å². The molecule has 132 valence electrons. The molecule has 2 rings (SSSR count). The van der Waals surface area contributed by atoms with E-state index < -0.39 is 0 Å². The minimum atomic E-state index is -0.0525. The van der Waals surface area contributed by atoms with Crippen molar-refractivity contribution < 1.29 is 9.59 Å². The van der Waals surface area contributed by atoms with Crippen molar-refractivity contribution in [2.45, 2.75) is 52.1 Å². The Bertz CT molecular complexity index is 544. The van der Waals surface area contributed by atoms with Gasteiger partial charge in [-0.3, -0.25) is 9.59 Å². The summed E-state index contributed by atoms with van der Waals surface area (Å²) in [6.45, 7) is 6.06.